The molecule has 0 spiro atoms. The van der Waals surface area contributed by atoms with Gasteiger partial charge in [0.25, 0.3) is 0 Å². The summed E-state index contributed by atoms with van der Waals surface area (Å²) in [7, 11) is 0. The van der Waals surface area contributed by atoms with Gasteiger partial charge in [0.05, 0.1) is 41.1 Å². The summed E-state index contributed by atoms with van der Waals surface area (Å²) >= 11 is 0. The lowest BCUT2D eigenvalue weighted by Gasteiger charge is -2.09. The Bertz CT molecular complexity index is 1070. The van der Waals surface area contributed by atoms with E-state index < -0.39 is 0 Å². The summed E-state index contributed by atoms with van der Waals surface area (Å²) in [5.74, 6) is 1.77. The Labute approximate surface area is 151 Å². The SMILES string of the molecule is Cc1cn(-c2cnc3ccc(Nc4cc(C(C)C)cnn4)nc3c2)cn1. The number of nitrogens with one attached hydrogen (secondary N) is 1. The van der Waals surface area contributed by atoms with Crippen LogP contribution in [0.2, 0.25) is 0 Å². The van der Waals surface area contributed by atoms with Crippen molar-refractivity contribution in [3.05, 3.63) is 60.4 Å². The van der Waals surface area contributed by atoms with Crippen LogP contribution < -0.4 is 5.32 Å². The van der Waals surface area contributed by atoms with Gasteiger partial charge in [0.1, 0.15) is 5.82 Å². The highest BCUT2D eigenvalue weighted by molar-refractivity contribution is 5.78. The Kier molecular flexibility index (Phi) is 4.04. The van der Waals surface area contributed by atoms with E-state index >= 15 is 0 Å². The molecule has 0 unspecified atom stereocenters. The summed E-state index contributed by atoms with van der Waals surface area (Å²) in [6.45, 7) is 6.21. The lowest BCUT2D eigenvalue weighted by molar-refractivity contribution is 0.843. The monoisotopic (exact) mass is 345 g/mol. The van der Waals surface area contributed by atoms with Gasteiger partial charge in [-0.3, -0.25) is 4.98 Å². The van der Waals surface area contributed by atoms with Crippen molar-refractivity contribution in [2.45, 2.75) is 26.7 Å². The van der Waals surface area contributed by atoms with Crippen molar-refractivity contribution in [3.8, 4) is 5.69 Å². The van der Waals surface area contributed by atoms with Crippen LogP contribution >= 0.6 is 0 Å². The molecule has 7 nitrogen and oxygen atoms in total. The van der Waals surface area contributed by atoms with Crippen molar-refractivity contribution in [2.75, 3.05) is 5.32 Å². The first kappa shape index (κ1) is 16.1. The van der Waals surface area contributed by atoms with Crippen molar-refractivity contribution in [1.29, 1.82) is 0 Å². The van der Waals surface area contributed by atoms with Crippen LogP contribution in [0.15, 0.2) is 49.2 Å². The highest BCUT2D eigenvalue weighted by Gasteiger charge is 2.06. The number of hydrogen-bond acceptors (Lipinski definition) is 6. The normalized spacial score (nSPS) is 11.2. The van der Waals surface area contributed by atoms with Crippen molar-refractivity contribution >= 4 is 22.7 Å². The molecule has 4 heterocycles. The largest absolute Gasteiger partial charge is 0.323 e. The zero-order valence-electron chi connectivity index (χ0n) is 14.9. The van der Waals surface area contributed by atoms with Crippen molar-refractivity contribution < 1.29 is 0 Å². The number of aryl methyl sites for hydroxylation is 1. The van der Waals surface area contributed by atoms with E-state index in [0.29, 0.717) is 17.6 Å². The molecule has 130 valence electrons. The van der Waals surface area contributed by atoms with Crippen LogP contribution in [0.25, 0.3) is 16.7 Å². The average Bonchev–Trinajstić information content (AvgIpc) is 3.08. The molecule has 1 N–H and O–H groups in total. The molecule has 0 fully saturated rings. The van der Waals surface area contributed by atoms with Crippen LogP contribution in [0.5, 0.6) is 0 Å². The predicted molar refractivity (Wildman–Crippen MR) is 101 cm³/mol. The number of pyridine rings is 2. The standard InChI is InChI=1S/C19H19N7/c1-12(2)14-6-19(25-22-8-14)24-18-5-4-16-17(23-18)7-15(9-20-16)26-10-13(3)21-11-26/h4-12H,1-3H3,(H,23,24,25). The van der Waals surface area contributed by atoms with E-state index in [1.54, 1.807) is 12.5 Å². The molecule has 0 radical (unpaired) electrons. The van der Waals surface area contributed by atoms with Gasteiger partial charge in [-0.25, -0.2) is 9.97 Å². The smallest absolute Gasteiger partial charge is 0.154 e. The lowest BCUT2D eigenvalue weighted by Crippen LogP contribution is -2.00. The van der Waals surface area contributed by atoms with Crippen molar-refractivity contribution in [1.82, 2.24) is 29.7 Å². The van der Waals surface area contributed by atoms with E-state index in [9.17, 15) is 0 Å². The maximum Gasteiger partial charge on any atom is 0.154 e. The van der Waals surface area contributed by atoms with E-state index in [0.717, 1.165) is 28.0 Å². The highest BCUT2D eigenvalue weighted by Crippen LogP contribution is 2.21. The third kappa shape index (κ3) is 3.23. The Hall–Kier alpha value is -3.35. The first-order valence-electron chi connectivity index (χ1n) is 8.46. The molecule has 0 aliphatic heterocycles. The maximum atomic E-state index is 4.66. The van der Waals surface area contributed by atoms with E-state index in [1.807, 2.05) is 48.1 Å². The molecular formula is C19H19N7. The Morgan fingerprint density at radius 2 is 1.88 bits per heavy atom. The Morgan fingerprint density at radius 1 is 1.00 bits per heavy atom. The van der Waals surface area contributed by atoms with Gasteiger partial charge in [-0.15, -0.1) is 5.10 Å². The minimum atomic E-state index is 0.390. The highest BCUT2D eigenvalue weighted by atomic mass is 15.2. The van der Waals surface area contributed by atoms with Crippen molar-refractivity contribution in [2.24, 2.45) is 0 Å². The summed E-state index contributed by atoms with van der Waals surface area (Å²) in [5.41, 5.74) is 4.63. The second-order valence-electron chi connectivity index (χ2n) is 6.50. The van der Waals surface area contributed by atoms with Crippen molar-refractivity contribution in [3.63, 3.8) is 0 Å². The first-order valence-corrected chi connectivity index (χ1v) is 8.46. The molecule has 0 amide bonds. The zero-order valence-corrected chi connectivity index (χ0v) is 14.9. The van der Waals surface area contributed by atoms with Crippen LogP contribution in [0.3, 0.4) is 0 Å². The minimum absolute atomic E-state index is 0.390. The number of nitrogens with zero attached hydrogens (tertiary/aromatic N) is 6. The molecule has 26 heavy (non-hydrogen) atoms. The van der Waals surface area contributed by atoms with Gasteiger partial charge in [0, 0.05) is 6.20 Å². The fraction of sp³-hybridized carbons (Fsp3) is 0.211. The third-order valence-corrected chi connectivity index (χ3v) is 4.13. The number of fused-ring (bicyclic) bond motifs is 1. The summed E-state index contributed by atoms with van der Waals surface area (Å²) < 4.78 is 1.93. The molecule has 0 aliphatic carbocycles. The Balaban J connectivity index is 1.67. The molecule has 0 bridgehead atoms. The average molecular weight is 345 g/mol. The number of imidazole rings is 1. The summed E-state index contributed by atoms with van der Waals surface area (Å²) in [5, 5.41) is 11.4. The van der Waals surface area contributed by atoms with Gasteiger partial charge in [0.15, 0.2) is 5.82 Å². The molecule has 4 aromatic rings. The van der Waals surface area contributed by atoms with Gasteiger partial charge >= 0.3 is 0 Å². The number of hydrogen-bond donors (Lipinski definition) is 1. The van der Waals surface area contributed by atoms with Crippen LogP contribution in [0.1, 0.15) is 31.0 Å². The van der Waals surface area contributed by atoms with E-state index in [2.05, 4.69) is 44.3 Å². The van der Waals surface area contributed by atoms with E-state index in [1.165, 1.54) is 0 Å². The second-order valence-corrected chi connectivity index (χ2v) is 6.50. The maximum absolute atomic E-state index is 4.66. The molecule has 4 aromatic heterocycles. The fourth-order valence-corrected chi connectivity index (χ4v) is 2.66. The van der Waals surface area contributed by atoms with Gasteiger partial charge in [-0.2, -0.15) is 5.10 Å². The molecule has 0 aliphatic rings. The van der Waals surface area contributed by atoms with Crippen LogP contribution in [-0.2, 0) is 0 Å². The quantitative estimate of drug-likeness (QED) is 0.606. The number of rotatable bonds is 4. The molecule has 0 saturated heterocycles. The molecular weight excluding hydrogens is 326 g/mol. The molecule has 4 rings (SSSR count). The molecule has 0 aromatic carbocycles. The topological polar surface area (TPSA) is 81.4 Å². The number of aromatic nitrogens is 6. The van der Waals surface area contributed by atoms with Gasteiger partial charge < -0.3 is 9.88 Å². The van der Waals surface area contributed by atoms with Crippen LogP contribution in [0.4, 0.5) is 11.6 Å². The summed E-state index contributed by atoms with van der Waals surface area (Å²) in [6.07, 6.45) is 7.33. The molecule has 0 saturated carbocycles. The van der Waals surface area contributed by atoms with Gasteiger partial charge in [-0.05, 0) is 42.7 Å². The minimum Gasteiger partial charge on any atom is -0.323 e. The zero-order chi connectivity index (χ0) is 18.1. The van der Waals surface area contributed by atoms with E-state index in [4.69, 9.17) is 0 Å². The summed E-state index contributed by atoms with van der Waals surface area (Å²) in [4.78, 5) is 13.4. The lowest BCUT2D eigenvalue weighted by atomic mass is 10.1. The second kappa shape index (κ2) is 6.51. The van der Waals surface area contributed by atoms with E-state index in [-0.39, 0.29) is 0 Å². The van der Waals surface area contributed by atoms with Gasteiger partial charge in [-0.1, -0.05) is 13.8 Å². The first-order chi connectivity index (χ1) is 12.6. The molecule has 0 atom stereocenters. The summed E-state index contributed by atoms with van der Waals surface area (Å²) in [6, 6.07) is 7.81. The molecule has 7 heteroatoms. The third-order valence-electron chi connectivity index (χ3n) is 4.13. The Morgan fingerprint density at radius 3 is 2.65 bits per heavy atom. The van der Waals surface area contributed by atoms with Crippen LogP contribution in [0, 0.1) is 6.92 Å². The van der Waals surface area contributed by atoms with Crippen LogP contribution in [-0.4, -0.2) is 29.7 Å². The van der Waals surface area contributed by atoms with Gasteiger partial charge in [0.2, 0.25) is 0 Å². The fourth-order valence-electron chi connectivity index (χ4n) is 2.66. The number of anilines is 2. The predicted octanol–water partition coefficient (Wildman–Crippen LogP) is 3.78.